The van der Waals surface area contributed by atoms with E-state index in [-0.39, 0.29) is 0 Å². The van der Waals surface area contributed by atoms with Gasteiger partial charge in [0.15, 0.2) is 0 Å². The predicted molar refractivity (Wildman–Crippen MR) is 32.4 cm³/mol. The molecule has 1 N–H and O–H groups in total. The second-order valence-electron chi connectivity index (χ2n) is 0.921. The van der Waals surface area contributed by atoms with Crippen LogP contribution in [0, 0.1) is 0 Å². The average molecular weight is 157 g/mol. The summed E-state index contributed by atoms with van der Waals surface area (Å²) in [7, 11) is 0. The Labute approximate surface area is 55.8 Å². The van der Waals surface area contributed by atoms with Gasteiger partial charge in [-0.3, -0.25) is 0 Å². The lowest BCUT2D eigenvalue weighted by Crippen LogP contribution is -1.90. The summed E-state index contributed by atoms with van der Waals surface area (Å²) in [5.41, 5.74) is 0. The van der Waals surface area contributed by atoms with Crippen LogP contribution in [0.1, 0.15) is 0 Å². The van der Waals surface area contributed by atoms with Gasteiger partial charge in [0.25, 0.3) is 0 Å². The number of hydrogen-bond acceptors (Lipinski definition) is 3. The van der Waals surface area contributed by atoms with Crippen LogP contribution in [0.5, 0.6) is 0 Å². The fraction of sp³-hybridized carbons (Fsp3) is 0. The van der Waals surface area contributed by atoms with Crippen molar-refractivity contribution in [1.29, 1.82) is 0 Å². The molecule has 0 bridgehead atoms. The first-order valence-corrected chi connectivity index (χ1v) is 3.04. The number of nitrogens with one attached hydrogen (secondary N) is 1. The number of nitrogens with zero attached hydrogens (tertiary/aromatic N) is 1. The standard InChI is InChI=1S/C2H2Cl2N2S/c3-2-1-5-7-6(2)4/h1,5H. The molecular weight excluding hydrogens is 155 g/mol. The molecule has 0 amide bonds. The second-order valence-corrected chi connectivity index (χ2v) is 2.63. The maximum Gasteiger partial charge on any atom is 0.149 e. The molecule has 0 atom stereocenters. The van der Waals surface area contributed by atoms with Crippen molar-refractivity contribution in [3.05, 3.63) is 11.4 Å². The Bertz CT molecular complexity index is 104. The largest absolute Gasteiger partial charge is 0.315 e. The van der Waals surface area contributed by atoms with Gasteiger partial charge in [-0.2, -0.15) is 3.82 Å². The van der Waals surface area contributed by atoms with Crippen LogP contribution in [-0.2, 0) is 0 Å². The van der Waals surface area contributed by atoms with E-state index < -0.39 is 0 Å². The average Bonchev–Trinajstić information content (AvgIpc) is 1.91. The molecule has 1 heterocycles. The molecule has 0 spiro atoms. The summed E-state index contributed by atoms with van der Waals surface area (Å²) in [4.78, 5) is 0. The molecule has 0 aromatic carbocycles. The van der Waals surface area contributed by atoms with Gasteiger partial charge in [-0.05, 0) is 0 Å². The quantitative estimate of drug-likeness (QED) is 0.327. The lowest BCUT2D eigenvalue weighted by Gasteiger charge is -1.99. The van der Waals surface area contributed by atoms with Gasteiger partial charge in [0.05, 0.1) is 12.1 Å². The zero-order valence-corrected chi connectivity index (χ0v) is 5.52. The fourth-order valence-electron chi connectivity index (χ4n) is 0.216. The summed E-state index contributed by atoms with van der Waals surface area (Å²) in [5, 5.41) is 0.506. The van der Waals surface area contributed by atoms with Gasteiger partial charge in [0.1, 0.15) is 5.16 Å². The molecule has 40 valence electrons. The highest BCUT2D eigenvalue weighted by atomic mass is 35.5. The van der Waals surface area contributed by atoms with Gasteiger partial charge in [-0.1, -0.05) is 11.6 Å². The van der Waals surface area contributed by atoms with Crippen molar-refractivity contribution in [2.24, 2.45) is 0 Å². The molecule has 1 aliphatic heterocycles. The van der Waals surface area contributed by atoms with E-state index in [1.54, 1.807) is 6.20 Å². The maximum atomic E-state index is 5.43. The van der Waals surface area contributed by atoms with Crippen molar-refractivity contribution in [2.45, 2.75) is 0 Å². The molecule has 1 aliphatic rings. The zero-order valence-electron chi connectivity index (χ0n) is 3.19. The van der Waals surface area contributed by atoms with Gasteiger partial charge < -0.3 is 4.72 Å². The first-order chi connectivity index (χ1) is 3.30. The van der Waals surface area contributed by atoms with Crippen molar-refractivity contribution in [1.82, 2.24) is 8.55 Å². The molecule has 7 heavy (non-hydrogen) atoms. The summed E-state index contributed by atoms with van der Waals surface area (Å²) >= 11 is 12.1. The van der Waals surface area contributed by atoms with Crippen molar-refractivity contribution in [2.75, 3.05) is 0 Å². The Balaban J connectivity index is 2.54. The van der Waals surface area contributed by atoms with Crippen LogP contribution in [0.25, 0.3) is 0 Å². The Kier molecular flexibility index (Phi) is 1.57. The molecule has 0 aromatic heterocycles. The van der Waals surface area contributed by atoms with Gasteiger partial charge in [0.2, 0.25) is 0 Å². The van der Waals surface area contributed by atoms with E-state index in [0.29, 0.717) is 5.16 Å². The smallest absolute Gasteiger partial charge is 0.149 e. The molecule has 5 heteroatoms. The van der Waals surface area contributed by atoms with E-state index in [9.17, 15) is 0 Å². The Morgan fingerprint density at radius 3 is 2.71 bits per heavy atom. The van der Waals surface area contributed by atoms with Gasteiger partial charge in [0, 0.05) is 18.0 Å². The van der Waals surface area contributed by atoms with Crippen LogP contribution in [0.15, 0.2) is 11.4 Å². The molecule has 1 rings (SSSR count). The molecule has 0 radical (unpaired) electrons. The van der Waals surface area contributed by atoms with Gasteiger partial charge in [-0.25, -0.2) is 0 Å². The van der Waals surface area contributed by atoms with E-state index in [4.69, 9.17) is 23.4 Å². The number of rotatable bonds is 0. The molecular formula is C2H2Cl2N2S. The minimum Gasteiger partial charge on any atom is -0.315 e. The Morgan fingerprint density at radius 2 is 2.57 bits per heavy atom. The first-order valence-electron chi connectivity index (χ1n) is 1.55. The highest BCUT2D eigenvalue weighted by Gasteiger charge is 2.09. The van der Waals surface area contributed by atoms with Gasteiger partial charge >= 0.3 is 0 Å². The predicted octanol–water partition coefficient (Wildman–Crippen LogP) is 1.65. The van der Waals surface area contributed by atoms with Crippen LogP contribution < -0.4 is 4.72 Å². The van der Waals surface area contributed by atoms with Gasteiger partial charge in [-0.15, -0.1) is 0 Å². The monoisotopic (exact) mass is 156 g/mol. The molecule has 0 saturated carbocycles. The SMILES string of the molecule is ClC1=CNSN1Cl. The number of halogens is 2. The van der Waals surface area contributed by atoms with Crippen molar-refractivity contribution in [3.63, 3.8) is 0 Å². The second kappa shape index (κ2) is 2.03. The highest BCUT2D eigenvalue weighted by Crippen LogP contribution is 2.25. The fourth-order valence-corrected chi connectivity index (χ4v) is 1.00. The third-order valence-electron chi connectivity index (χ3n) is 0.479. The molecule has 0 fully saturated rings. The van der Waals surface area contributed by atoms with E-state index in [1.165, 1.54) is 16.0 Å². The molecule has 0 saturated heterocycles. The lowest BCUT2D eigenvalue weighted by atomic mass is 11.0. The van der Waals surface area contributed by atoms with Crippen molar-refractivity contribution in [3.8, 4) is 0 Å². The lowest BCUT2D eigenvalue weighted by molar-refractivity contribution is 1.01. The van der Waals surface area contributed by atoms with Crippen LogP contribution >= 0.6 is 35.5 Å². The van der Waals surface area contributed by atoms with E-state index in [1.807, 2.05) is 0 Å². The summed E-state index contributed by atoms with van der Waals surface area (Å²) < 4.78 is 4.05. The summed E-state index contributed by atoms with van der Waals surface area (Å²) in [5.74, 6) is 0. The zero-order chi connectivity index (χ0) is 5.28. The van der Waals surface area contributed by atoms with Crippen molar-refractivity contribution >= 4 is 35.5 Å². The van der Waals surface area contributed by atoms with Crippen molar-refractivity contribution < 1.29 is 0 Å². The minimum atomic E-state index is 0.506. The van der Waals surface area contributed by atoms with E-state index in [2.05, 4.69) is 4.72 Å². The highest BCUT2D eigenvalue weighted by molar-refractivity contribution is 7.96. The third-order valence-corrected chi connectivity index (χ3v) is 1.91. The maximum absolute atomic E-state index is 5.43. The van der Waals surface area contributed by atoms with Crippen LogP contribution in [-0.4, -0.2) is 3.82 Å². The normalized spacial score (nSPS) is 19.1. The summed E-state index contributed by atoms with van der Waals surface area (Å²) in [6.45, 7) is 0. The Hall–Kier alpha value is 0.270. The van der Waals surface area contributed by atoms with E-state index in [0.717, 1.165) is 0 Å². The molecule has 2 nitrogen and oxygen atoms in total. The topological polar surface area (TPSA) is 15.3 Å². The minimum absolute atomic E-state index is 0.506. The van der Waals surface area contributed by atoms with Crippen LogP contribution in [0.4, 0.5) is 0 Å². The number of hydrogen-bond donors (Lipinski definition) is 1. The molecule has 0 aromatic rings. The molecule has 0 aliphatic carbocycles. The summed E-state index contributed by atoms with van der Waals surface area (Å²) in [6.07, 6.45) is 1.61. The third kappa shape index (κ3) is 1.08. The van der Waals surface area contributed by atoms with Crippen LogP contribution in [0.3, 0.4) is 0 Å². The van der Waals surface area contributed by atoms with E-state index >= 15 is 0 Å². The van der Waals surface area contributed by atoms with Crippen LogP contribution in [0.2, 0.25) is 0 Å². The molecule has 0 unspecified atom stereocenters. The Morgan fingerprint density at radius 1 is 1.86 bits per heavy atom. The first kappa shape index (κ1) is 5.41. The summed E-state index contributed by atoms with van der Waals surface area (Å²) in [6, 6.07) is 0.